The molecular weight excluding hydrogens is 520 g/mol. The van der Waals surface area contributed by atoms with Crippen molar-refractivity contribution in [3.8, 4) is 0 Å². The molecule has 0 aliphatic carbocycles. The molecule has 0 saturated carbocycles. The molecule has 38 heavy (non-hydrogen) atoms. The van der Waals surface area contributed by atoms with Crippen LogP contribution in [0.25, 0.3) is 0 Å². The fourth-order valence-electron chi connectivity index (χ4n) is 4.17. The number of anilines is 1. The number of hydrogen-bond donors (Lipinski definition) is 2. The predicted octanol–water partition coefficient (Wildman–Crippen LogP) is 4.55. The highest BCUT2D eigenvalue weighted by molar-refractivity contribution is 6.20. The highest BCUT2D eigenvalue weighted by Crippen LogP contribution is 2.35. The molecule has 0 bridgehead atoms. The SMILES string of the molecule is CN1C(=O)C(NC(=O)C(CCC(F)(F)F)C(CC(F)(F)F)C(=O)O)N=C(c2ccccc2)c2ccccc21. The smallest absolute Gasteiger partial charge is 0.389 e. The molecule has 0 spiro atoms. The molecule has 1 aliphatic heterocycles. The Morgan fingerprint density at radius 1 is 0.974 bits per heavy atom. The van der Waals surface area contributed by atoms with Crippen LogP contribution in [0.15, 0.2) is 59.6 Å². The largest absolute Gasteiger partial charge is 0.481 e. The number of rotatable bonds is 8. The van der Waals surface area contributed by atoms with Crippen LogP contribution in [0.2, 0.25) is 0 Å². The summed E-state index contributed by atoms with van der Waals surface area (Å²) in [6, 6.07) is 15.0. The molecular formula is C25H23F6N3O4. The molecule has 1 heterocycles. The number of benzene rings is 2. The van der Waals surface area contributed by atoms with Crippen LogP contribution in [0.1, 0.15) is 30.4 Å². The lowest BCUT2D eigenvalue weighted by atomic mass is 9.84. The number of amides is 2. The molecule has 3 rings (SSSR count). The number of para-hydroxylation sites is 1. The Morgan fingerprint density at radius 2 is 1.58 bits per heavy atom. The van der Waals surface area contributed by atoms with Gasteiger partial charge in [0, 0.05) is 24.6 Å². The number of carbonyl (C=O) groups excluding carboxylic acids is 2. The van der Waals surface area contributed by atoms with E-state index < -0.39 is 67.4 Å². The lowest BCUT2D eigenvalue weighted by Crippen LogP contribution is -2.50. The van der Waals surface area contributed by atoms with Gasteiger partial charge in [-0.15, -0.1) is 0 Å². The van der Waals surface area contributed by atoms with Gasteiger partial charge < -0.3 is 15.3 Å². The maximum absolute atomic E-state index is 13.2. The van der Waals surface area contributed by atoms with E-state index in [1.807, 2.05) is 0 Å². The summed E-state index contributed by atoms with van der Waals surface area (Å²) < 4.78 is 78.0. The summed E-state index contributed by atoms with van der Waals surface area (Å²) in [6.07, 6.45) is -16.6. The highest BCUT2D eigenvalue weighted by Gasteiger charge is 2.45. The van der Waals surface area contributed by atoms with E-state index in [-0.39, 0.29) is 5.71 Å². The average molecular weight is 543 g/mol. The van der Waals surface area contributed by atoms with Crippen LogP contribution < -0.4 is 10.2 Å². The summed E-state index contributed by atoms with van der Waals surface area (Å²) in [5.41, 5.74) is 1.64. The van der Waals surface area contributed by atoms with Crippen molar-refractivity contribution in [2.24, 2.45) is 16.8 Å². The summed E-state index contributed by atoms with van der Waals surface area (Å²) in [7, 11) is 1.37. The monoisotopic (exact) mass is 543 g/mol. The van der Waals surface area contributed by atoms with Crippen molar-refractivity contribution in [2.45, 2.75) is 37.8 Å². The third-order valence-corrected chi connectivity index (χ3v) is 6.00. The number of carboxylic acid groups (broad SMARTS) is 1. The van der Waals surface area contributed by atoms with Crippen molar-refractivity contribution in [3.05, 3.63) is 65.7 Å². The first-order valence-electron chi connectivity index (χ1n) is 11.3. The van der Waals surface area contributed by atoms with Gasteiger partial charge in [-0.05, 0) is 12.5 Å². The van der Waals surface area contributed by atoms with Gasteiger partial charge in [-0.3, -0.25) is 14.4 Å². The first-order valence-corrected chi connectivity index (χ1v) is 11.3. The minimum Gasteiger partial charge on any atom is -0.481 e. The molecule has 2 N–H and O–H groups in total. The Labute approximate surface area is 213 Å². The van der Waals surface area contributed by atoms with E-state index in [2.05, 4.69) is 10.3 Å². The standard InChI is InChI=1S/C25H23F6N3O4/c1-34-18-10-6-5-9-16(18)19(14-7-3-2-4-8-14)32-20(22(34)36)33-21(35)15(11-12-24(26,27)28)17(23(37)38)13-25(29,30)31/h2-10,15,17,20H,11-13H2,1H3,(H,33,35)(H,37,38). The Morgan fingerprint density at radius 3 is 2.16 bits per heavy atom. The molecule has 2 aromatic rings. The lowest BCUT2D eigenvalue weighted by Gasteiger charge is -2.27. The van der Waals surface area contributed by atoms with Crippen molar-refractivity contribution in [1.29, 1.82) is 0 Å². The minimum atomic E-state index is -5.07. The maximum Gasteiger partial charge on any atom is 0.389 e. The molecule has 3 atom stereocenters. The van der Waals surface area contributed by atoms with Crippen LogP contribution in [-0.2, 0) is 14.4 Å². The molecule has 3 unspecified atom stereocenters. The number of halogens is 6. The Kier molecular flexibility index (Phi) is 8.48. The minimum absolute atomic E-state index is 0.237. The van der Waals surface area contributed by atoms with Crippen LogP contribution in [0.3, 0.4) is 0 Å². The number of aliphatic carboxylic acids is 1. The summed E-state index contributed by atoms with van der Waals surface area (Å²) in [5, 5.41) is 11.5. The second-order valence-corrected chi connectivity index (χ2v) is 8.69. The number of aliphatic imine (C=N–C) groups is 1. The average Bonchev–Trinajstić information content (AvgIpc) is 2.93. The van der Waals surface area contributed by atoms with Crippen molar-refractivity contribution >= 4 is 29.2 Å². The molecule has 0 fully saturated rings. The van der Waals surface area contributed by atoms with E-state index in [0.29, 0.717) is 16.8 Å². The van der Waals surface area contributed by atoms with Crippen molar-refractivity contribution in [2.75, 3.05) is 11.9 Å². The number of nitrogens with one attached hydrogen (secondary N) is 1. The zero-order valence-electron chi connectivity index (χ0n) is 19.9. The van der Waals surface area contributed by atoms with Crippen molar-refractivity contribution in [3.63, 3.8) is 0 Å². The maximum atomic E-state index is 13.2. The predicted molar refractivity (Wildman–Crippen MR) is 124 cm³/mol. The van der Waals surface area contributed by atoms with Gasteiger partial charge in [0.1, 0.15) is 0 Å². The van der Waals surface area contributed by atoms with Crippen molar-refractivity contribution in [1.82, 2.24) is 5.32 Å². The Bertz CT molecular complexity index is 1210. The molecule has 204 valence electrons. The normalized spacial score (nSPS) is 17.7. The Hall–Kier alpha value is -3.90. The quantitative estimate of drug-likeness (QED) is 0.477. The van der Waals surface area contributed by atoms with Gasteiger partial charge in [0.25, 0.3) is 5.91 Å². The molecule has 0 aromatic heterocycles. The van der Waals surface area contributed by atoms with E-state index in [1.165, 1.54) is 7.05 Å². The number of likely N-dealkylation sites (N-methyl/N-ethyl adjacent to an activating group) is 1. The second-order valence-electron chi connectivity index (χ2n) is 8.69. The second kappa shape index (κ2) is 11.2. The summed E-state index contributed by atoms with van der Waals surface area (Å²) in [6.45, 7) is 0. The fourth-order valence-corrected chi connectivity index (χ4v) is 4.17. The van der Waals surface area contributed by atoms with Crippen molar-refractivity contribution < 1.29 is 45.8 Å². The number of benzodiazepines with no additional fused rings is 1. The highest BCUT2D eigenvalue weighted by atomic mass is 19.4. The van der Waals surface area contributed by atoms with Gasteiger partial charge in [-0.25, -0.2) is 4.99 Å². The number of carbonyl (C=O) groups is 3. The molecule has 13 heteroatoms. The molecule has 7 nitrogen and oxygen atoms in total. The number of alkyl halides is 6. The van der Waals surface area contributed by atoms with Gasteiger partial charge >= 0.3 is 18.3 Å². The van der Waals surface area contributed by atoms with E-state index >= 15 is 0 Å². The van der Waals surface area contributed by atoms with E-state index in [0.717, 1.165) is 4.90 Å². The topological polar surface area (TPSA) is 99.1 Å². The first kappa shape index (κ1) is 28.7. The number of hydrogen-bond acceptors (Lipinski definition) is 4. The summed E-state index contributed by atoms with van der Waals surface area (Å²) >= 11 is 0. The third-order valence-electron chi connectivity index (χ3n) is 6.00. The Balaban J connectivity index is 2.03. The van der Waals surface area contributed by atoms with Gasteiger partial charge in [0.05, 0.1) is 29.7 Å². The van der Waals surface area contributed by atoms with Crippen LogP contribution in [0.5, 0.6) is 0 Å². The van der Waals surface area contributed by atoms with E-state index in [9.17, 15) is 45.8 Å². The number of nitrogens with zero attached hydrogens (tertiary/aromatic N) is 2. The van der Waals surface area contributed by atoms with E-state index in [1.54, 1.807) is 54.6 Å². The van der Waals surface area contributed by atoms with Gasteiger partial charge in [0.15, 0.2) is 0 Å². The molecule has 1 aliphatic rings. The molecule has 2 amide bonds. The molecule has 0 radical (unpaired) electrons. The number of fused-ring (bicyclic) bond motifs is 1. The molecule has 2 aromatic carbocycles. The van der Waals surface area contributed by atoms with Crippen LogP contribution >= 0.6 is 0 Å². The van der Waals surface area contributed by atoms with Crippen LogP contribution in [0.4, 0.5) is 32.0 Å². The van der Waals surface area contributed by atoms with Gasteiger partial charge in [-0.1, -0.05) is 48.5 Å². The molecule has 0 saturated heterocycles. The summed E-state index contributed by atoms with van der Waals surface area (Å²) in [5.74, 6) is -9.12. The zero-order chi connectivity index (χ0) is 28.3. The van der Waals surface area contributed by atoms with Crippen LogP contribution in [0, 0.1) is 11.8 Å². The third kappa shape index (κ3) is 7.11. The van der Waals surface area contributed by atoms with E-state index in [4.69, 9.17) is 0 Å². The number of carboxylic acids is 1. The summed E-state index contributed by atoms with van der Waals surface area (Å²) in [4.78, 5) is 43.4. The fraction of sp³-hybridized carbons (Fsp3) is 0.360. The first-order chi connectivity index (χ1) is 17.7. The lowest BCUT2D eigenvalue weighted by molar-refractivity contribution is -0.173. The van der Waals surface area contributed by atoms with Gasteiger partial charge in [0.2, 0.25) is 12.1 Å². The van der Waals surface area contributed by atoms with Crippen LogP contribution in [-0.4, -0.2) is 54.2 Å². The zero-order valence-corrected chi connectivity index (χ0v) is 19.9. The van der Waals surface area contributed by atoms with Gasteiger partial charge in [-0.2, -0.15) is 26.3 Å².